The highest BCUT2D eigenvalue weighted by Gasteiger charge is 2.22. The summed E-state index contributed by atoms with van der Waals surface area (Å²) in [5.74, 6) is 0.770. The van der Waals surface area contributed by atoms with Gasteiger partial charge >= 0.3 is 0 Å². The Hall–Kier alpha value is -2.89. The van der Waals surface area contributed by atoms with Crippen LogP contribution in [0.15, 0.2) is 30.3 Å². The number of aryl methyl sites for hydroxylation is 1. The van der Waals surface area contributed by atoms with Gasteiger partial charge in [0, 0.05) is 32.2 Å². The van der Waals surface area contributed by atoms with Crippen LogP contribution < -0.4 is 4.90 Å². The monoisotopic (exact) mass is 363 g/mol. The highest BCUT2D eigenvalue weighted by molar-refractivity contribution is 6.06. The number of aromatic nitrogens is 3. The fourth-order valence-corrected chi connectivity index (χ4v) is 3.75. The van der Waals surface area contributed by atoms with Gasteiger partial charge in [0.15, 0.2) is 0 Å². The highest BCUT2D eigenvalue weighted by atomic mass is 16.2. The number of carbonyl (C=O) groups is 1. The lowest BCUT2D eigenvalue weighted by Gasteiger charge is -2.20. The van der Waals surface area contributed by atoms with Gasteiger partial charge in [0.1, 0.15) is 5.82 Å². The van der Waals surface area contributed by atoms with Gasteiger partial charge in [-0.2, -0.15) is 5.10 Å². The van der Waals surface area contributed by atoms with Gasteiger partial charge in [0.25, 0.3) is 5.91 Å². The predicted molar refractivity (Wildman–Crippen MR) is 107 cm³/mol. The van der Waals surface area contributed by atoms with Crippen molar-refractivity contribution in [3.63, 3.8) is 0 Å². The van der Waals surface area contributed by atoms with Crippen LogP contribution in [0.25, 0.3) is 10.9 Å². The Balaban J connectivity index is 1.67. The molecule has 2 aromatic heterocycles. The standard InChI is InChI=1S/C21H25N5O/c1-25(2)20-12-16(14-8-4-6-10-17(14)22-20)21(27)26(3)13-19-15-9-5-7-11-18(15)23-24-19/h4,6,8,10,12H,5,7,9,11,13H2,1-3H3,(H,23,24). The maximum Gasteiger partial charge on any atom is 0.254 e. The van der Waals surface area contributed by atoms with Crippen molar-refractivity contribution in [1.82, 2.24) is 20.1 Å². The van der Waals surface area contributed by atoms with Crippen molar-refractivity contribution < 1.29 is 4.79 Å². The molecular weight excluding hydrogens is 338 g/mol. The van der Waals surface area contributed by atoms with Crippen molar-refractivity contribution in [3.8, 4) is 0 Å². The smallest absolute Gasteiger partial charge is 0.254 e. The van der Waals surface area contributed by atoms with Crippen LogP contribution in [0.1, 0.15) is 40.2 Å². The zero-order valence-electron chi connectivity index (χ0n) is 16.1. The van der Waals surface area contributed by atoms with Gasteiger partial charge in [-0.3, -0.25) is 9.89 Å². The van der Waals surface area contributed by atoms with Crippen molar-refractivity contribution in [2.75, 3.05) is 26.0 Å². The first kappa shape index (κ1) is 17.5. The molecule has 27 heavy (non-hydrogen) atoms. The first-order valence-electron chi connectivity index (χ1n) is 9.42. The largest absolute Gasteiger partial charge is 0.363 e. The number of rotatable bonds is 4. The van der Waals surface area contributed by atoms with E-state index in [1.165, 1.54) is 24.1 Å². The molecule has 1 aliphatic rings. The van der Waals surface area contributed by atoms with Gasteiger partial charge < -0.3 is 9.80 Å². The van der Waals surface area contributed by atoms with Gasteiger partial charge in [-0.1, -0.05) is 18.2 Å². The number of nitrogens with one attached hydrogen (secondary N) is 1. The second-order valence-corrected chi connectivity index (χ2v) is 7.44. The Labute approximate surface area is 159 Å². The Bertz CT molecular complexity index is 991. The number of hydrogen-bond donors (Lipinski definition) is 1. The summed E-state index contributed by atoms with van der Waals surface area (Å²) in [4.78, 5) is 21.6. The fourth-order valence-electron chi connectivity index (χ4n) is 3.75. The Kier molecular flexibility index (Phi) is 4.56. The van der Waals surface area contributed by atoms with E-state index < -0.39 is 0 Å². The molecular formula is C21H25N5O. The zero-order chi connectivity index (χ0) is 19.0. The molecule has 1 aromatic carbocycles. The molecule has 0 unspecified atom stereocenters. The van der Waals surface area contributed by atoms with Crippen LogP contribution in [0.5, 0.6) is 0 Å². The first-order valence-corrected chi connectivity index (χ1v) is 9.42. The molecule has 0 saturated carbocycles. The van der Waals surface area contributed by atoms with E-state index in [0.29, 0.717) is 12.1 Å². The summed E-state index contributed by atoms with van der Waals surface area (Å²) < 4.78 is 0. The number of anilines is 1. The molecule has 140 valence electrons. The Morgan fingerprint density at radius 2 is 1.93 bits per heavy atom. The van der Waals surface area contributed by atoms with Crippen molar-refractivity contribution in [3.05, 3.63) is 52.8 Å². The fraction of sp³-hybridized carbons (Fsp3) is 0.381. The summed E-state index contributed by atoms with van der Waals surface area (Å²) in [6.07, 6.45) is 4.51. The normalized spacial score (nSPS) is 13.4. The van der Waals surface area contributed by atoms with E-state index in [-0.39, 0.29) is 5.91 Å². The number of H-pyrrole nitrogens is 1. The van der Waals surface area contributed by atoms with Gasteiger partial charge in [-0.15, -0.1) is 0 Å². The molecule has 1 N–H and O–H groups in total. The van der Waals surface area contributed by atoms with E-state index in [2.05, 4.69) is 15.2 Å². The minimum Gasteiger partial charge on any atom is -0.363 e. The van der Waals surface area contributed by atoms with Crippen LogP contribution in [-0.4, -0.2) is 47.1 Å². The van der Waals surface area contributed by atoms with E-state index in [9.17, 15) is 4.79 Å². The van der Waals surface area contributed by atoms with Gasteiger partial charge in [-0.05, 0) is 43.4 Å². The molecule has 3 aromatic rings. The molecule has 0 aliphatic heterocycles. The lowest BCUT2D eigenvalue weighted by molar-refractivity contribution is 0.0785. The third kappa shape index (κ3) is 3.27. The quantitative estimate of drug-likeness (QED) is 0.773. The number of benzene rings is 1. The summed E-state index contributed by atoms with van der Waals surface area (Å²) in [6.45, 7) is 0.513. The van der Waals surface area contributed by atoms with Crippen molar-refractivity contribution >= 4 is 22.6 Å². The summed E-state index contributed by atoms with van der Waals surface area (Å²) in [7, 11) is 5.72. The summed E-state index contributed by atoms with van der Waals surface area (Å²) >= 11 is 0. The molecule has 0 spiro atoms. The van der Waals surface area contributed by atoms with Crippen LogP contribution in [0.2, 0.25) is 0 Å². The lowest BCUT2D eigenvalue weighted by atomic mass is 9.96. The van der Waals surface area contributed by atoms with E-state index in [4.69, 9.17) is 0 Å². The van der Waals surface area contributed by atoms with Crippen LogP contribution in [0.4, 0.5) is 5.82 Å². The molecule has 2 heterocycles. The minimum absolute atomic E-state index is 0.00994. The topological polar surface area (TPSA) is 65.1 Å². The Morgan fingerprint density at radius 3 is 2.74 bits per heavy atom. The maximum absolute atomic E-state index is 13.3. The zero-order valence-corrected chi connectivity index (χ0v) is 16.1. The van der Waals surface area contributed by atoms with Crippen molar-refractivity contribution in [2.24, 2.45) is 0 Å². The number of para-hydroxylation sites is 1. The molecule has 1 aliphatic carbocycles. The third-order valence-corrected chi connectivity index (χ3v) is 5.27. The first-order chi connectivity index (χ1) is 13.0. The number of nitrogens with zero attached hydrogens (tertiary/aromatic N) is 4. The average Bonchev–Trinajstić information content (AvgIpc) is 3.09. The number of pyridine rings is 1. The molecule has 6 heteroatoms. The minimum atomic E-state index is -0.00994. The van der Waals surface area contributed by atoms with Crippen LogP contribution in [0, 0.1) is 0 Å². The van der Waals surface area contributed by atoms with Crippen molar-refractivity contribution in [2.45, 2.75) is 32.2 Å². The molecule has 0 radical (unpaired) electrons. The summed E-state index contributed by atoms with van der Waals surface area (Å²) in [6, 6.07) is 9.67. The SMILES string of the molecule is CN(Cc1n[nH]c2c1CCCC2)C(=O)c1cc(N(C)C)nc2ccccc12. The summed E-state index contributed by atoms with van der Waals surface area (Å²) in [5.41, 5.74) is 5.04. The number of aromatic amines is 1. The van der Waals surface area contributed by atoms with Gasteiger partial charge in [0.05, 0.1) is 23.3 Å². The molecule has 4 rings (SSSR count). The maximum atomic E-state index is 13.3. The highest BCUT2D eigenvalue weighted by Crippen LogP contribution is 2.26. The second-order valence-electron chi connectivity index (χ2n) is 7.44. The van der Waals surface area contributed by atoms with E-state index >= 15 is 0 Å². The van der Waals surface area contributed by atoms with E-state index in [0.717, 1.165) is 35.3 Å². The second kappa shape index (κ2) is 7.02. The third-order valence-electron chi connectivity index (χ3n) is 5.27. The van der Waals surface area contributed by atoms with Gasteiger partial charge in [-0.25, -0.2) is 4.98 Å². The van der Waals surface area contributed by atoms with E-state index in [1.54, 1.807) is 4.90 Å². The molecule has 0 bridgehead atoms. The number of amides is 1. The Morgan fingerprint density at radius 1 is 1.15 bits per heavy atom. The summed E-state index contributed by atoms with van der Waals surface area (Å²) in [5, 5.41) is 8.52. The van der Waals surface area contributed by atoms with Crippen LogP contribution in [0.3, 0.4) is 0 Å². The number of fused-ring (bicyclic) bond motifs is 2. The molecule has 6 nitrogen and oxygen atoms in total. The lowest BCUT2D eigenvalue weighted by Crippen LogP contribution is -2.27. The van der Waals surface area contributed by atoms with Crippen LogP contribution in [-0.2, 0) is 19.4 Å². The molecule has 0 fully saturated rings. The average molecular weight is 363 g/mol. The van der Waals surface area contributed by atoms with E-state index in [1.807, 2.05) is 56.4 Å². The molecule has 0 saturated heterocycles. The predicted octanol–water partition coefficient (Wildman–Crippen LogP) is 3.17. The van der Waals surface area contributed by atoms with Crippen LogP contribution >= 0.6 is 0 Å². The number of hydrogen-bond acceptors (Lipinski definition) is 4. The number of carbonyl (C=O) groups excluding carboxylic acids is 1. The molecule has 0 atom stereocenters. The molecule has 1 amide bonds. The van der Waals surface area contributed by atoms with Crippen molar-refractivity contribution in [1.29, 1.82) is 0 Å². The van der Waals surface area contributed by atoms with Gasteiger partial charge in [0.2, 0.25) is 0 Å².